The molecule has 0 amide bonds. The van der Waals surface area contributed by atoms with Crippen molar-refractivity contribution in [1.29, 1.82) is 0 Å². The molecule has 0 aliphatic rings. The van der Waals surface area contributed by atoms with Gasteiger partial charge in [0.2, 0.25) is 5.88 Å². The summed E-state index contributed by atoms with van der Waals surface area (Å²) < 4.78 is 10.8. The zero-order valence-corrected chi connectivity index (χ0v) is 15.0. The normalized spacial score (nSPS) is 10.3. The van der Waals surface area contributed by atoms with Crippen LogP contribution in [-0.2, 0) is 16.2 Å². The van der Waals surface area contributed by atoms with E-state index >= 15 is 0 Å². The summed E-state index contributed by atoms with van der Waals surface area (Å²) in [5, 5.41) is 2.37. The van der Waals surface area contributed by atoms with Crippen molar-refractivity contribution in [2.75, 3.05) is 0 Å². The van der Waals surface area contributed by atoms with Crippen LogP contribution in [0.4, 0.5) is 0 Å². The topological polar surface area (TPSA) is 65.5 Å². The maximum Gasteiger partial charge on any atom is 0.320 e. The Morgan fingerprint density at radius 1 is 1.04 bits per heavy atom. The van der Waals surface area contributed by atoms with Gasteiger partial charge < -0.3 is 9.47 Å². The molecule has 0 aliphatic heterocycles. The average Bonchev–Trinajstić information content (AvgIpc) is 3.09. The van der Waals surface area contributed by atoms with Crippen LogP contribution >= 0.6 is 11.3 Å². The van der Waals surface area contributed by atoms with E-state index in [4.69, 9.17) is 9.47 Å². The standard InChI is InChI=1S/C20H17NO4S/c1-14(22)11-19(23)25-18-13-26-20(21-18)16-7-9-17(10-8-16)24-12-15-5-3-2-4-6-15/h2-10,13H,11-12H2,1H3. The van der Waals surface area contributed by atoms with Crippen molar-refractivity contribution >= 4 is 23.1 Å². The molecule has 0 spiro atoms. The van der Waals surface area contributed by atoms with Gasteiger partial charge in [-0.3, -0.25) is 9.59 Å². The minimum Gasteiger partial charge on any atom is -0.489 e. The molecular weight excluding hydrogens is 350 g/mol. The van der Waals surface area contributed by atoms with E-state index in [-0.39, 0.29) is 18.1 Å². The fourth-order valence-corrected chi connectivity index (χ4v) is 2.96. The minimum atomic E-state index is -0.598. The quantitative estimate of drug-likeness (QED) is 0.461. The molecule has 6 heteroatoms. The molecule has 132 valence electrons. The fraction of sp³-hybridized carbons (Fsp3) is 0.150. The second-order valence-electron chi connectivity index (χ2n) is 5.64. The summed E-state index contributed by atoms with van der Waals surface area (Å²) in [6.45, 7) is 1.85. The molecule has 0 bridgehead atoms. The van der Waals surface area contributed by atoms with Gasteiger partial charge in [-0.25, -0.2) is 4.98 Å². The van der Waals surface area contributed by atoms with Crippen LogP contribution in [0.3, 0.4) is 0 Å². The highest BCUT2D eigenvalue weighted by Crippen LogP contribution is 2.28. The highest BCUT2D eigenvalue weighted by atomic mass is 32.1. The van der Waals surface area contributed by atoms with Crippen molar-refractivity contribution in [3.63, 3.8) is 0 Å². The van der Waals surface area contributed by atoms with Crippen LogP contribution in [0.5, 0.6) is 11.6 Å². The van der Waals surface area contributed by atoms with Gasteiger partial charge in [0.05, 0.1) is 5.38 Å². The van der Waals surface area contributed by atoms with Gasteiger partial charge in [-0.2, -0.15) is 0 Å². The Hall–Kier alpha value is -2.99. The number of nitrogens with zero attached hydrogens (tertiary/aromatic N) is 1. The second kappa shape index (κ2) is 8.40. The van der Waals surface area contributed by atoms with Gasteiger partial charge in [-0.05, 0) is 36.8 Å². The van der Waals surface area contributed by atoms with Crippen LogP contribution < -0.4 is 9.47 Å². The molecule has 0 unspecified atom stereocenters. The van der Waals surface area contributed by atoms with Crippen LogP contribution in [0.15, 0.2) is 60.0 Å². The molecule has 26 heavy (non-hydrogen) atoms. The molecule has 0 atom stereocenters. The summed E-state index contributed by atoms with van der Waals surface area (Å²) in [5.74, 6) is 0.137. The smallest absolute Gasteiger partial charge is 0.320 e. The van der Waals surface area contributed by atoms with E-state index in [1.54, 1.807) is 5.38 Å². The first-order valence-electron chi connectivity index (χ1n) is 8.03. The molecule has 3 rings (SSSR count). The first kappa shape index (κ1) is 17.8. The summed E-state index contributed by atoms with van der Waals surface area (Å²) in [6, 6.07) is 17.5. The van der Waals surface area contributed by atoms with Gasteiger partial charge in [-0.1, -0.05) is 30.3 Å². The molecule has 0 saturated carbocycles. The zero-order valence-electron chi connectivity index (χ0n) is 14.2. The predicted molar refractivity (Wildman–Crippen MR) is 99.3 cm³/mol. The largest absolute Gasteiger partial charge is 0.489 e. The molecule has 5 nitrogen and oxygen atoms in total. The maximum absolute atomic E-state index is 11.5. The number of rotatable bonds is 7. The third-order valence-corrected chi connectivity index (χ3v) is 4.31. The molecule has 0 radical (unpaired) electrons. The van der Waals surface area contributed by atoms with E-state index < -0.39 is 5.97 Å². The number of esters is 1. The number of carbonyl (C=O) groups is 2. The van der Waals surface area contributed by atoms with Crippen molar-refractivity contribution < 1.29 is 19.1 Å². The van der Waals surface area contributed by atoms with E-state index in [0.717, 1.165) is 21.9 Å². The second-order valence-corrected chi connectivity index (χ2v) is 6.50. The number of ether oxygens (including phenoxy) is 2. The van der Waals surface area contributed by atoms with E-state index in [0.29, 0.717) is 6.61 Å². The lowest BCUT2D eigenvalue weighted by molar-refractivity contribution is -0.137. The molecule has 0 fully saturated rings. The number of benzene rings is 2. The van der Waals surface area contributed by atoms with Crippen molar-refractivity contribution in [3.8, 4) is 22.2 Å². The SMILES string of the molecule is CC(=O)CC(=O)Oc1csc(-c2ccc(OCc3ccccc3)cc2)n1. The average molecular weight is 367 g/mol. The van der Waals surface area contributed by atoms with Gasteiger partial charge in [-0.15, -0.1) is 11.3 Å². The Morgan fingerprint density at radius 3 is 2.46 bits per heavy atom. The van der Waals surface area contributed by atoms with Gasteiger partial charge in [0.25, 0.3) is 0 Å². The van der Waals surface area contributed by atoms with Gasteiger partial charge >= 0.3 is 5.97 Å². The number of carbonyl (C=O) groups excluding carboxylic acids is 2. The number of thiazole rings is 1. The Balaban J connectivity index is 1.60. The lowest BCUT2D eigenvalue weighted by Crippen LogP contribution is -2.11. The lowest BCUT2D eigenvalue weighted by atomic mass is 10.2. The van der Waals surface area contributed by atoms with Crippen molar-refractivity contribution in [2.45, 2.75) is 20.0 Å². The fourth-order valence-electron chi connectivity index (χ4n) is 2.23. The van der Waals surface area contributed by atoms with Crippen LogP contribution in [0, 0.1) is 0 Å². The van der Waals surface area contributed by atoms with Crippen LogP contribution in [0.1, 0.15) is 18.9 Å². The molecule has 1 aromatic heterocycles. The van der Waals surface area contributed by atoms with E-state index in [2.05, 4.69) is 4.98 Å². The Kier molecular flexibility index (Phi) is 5.76. The van der Waals surface area contributed by atoms with Crippen molar-refractivity contribution in [1.82, 2.24) is 4.98 Å². The van der Waals surface area contributed by atoms with Crippen molar-refractivity contribution in [3.05, 3.63) is 65.5 Å². The Morgan fingerprint density at radius 2 is 1.77 bits per heavy atom. The molecule has 3 aromatic rings. The summed E-state index contributed by atoms with van der Waals surface area (Å²) in [4.78, 5) is 26.7. The minimum absolute atomic E-state index is 0.209. The first-order valence-corrected chi connectivity index (χ1v) is 8.91. The highest BCUT2D eigenvalue weighted by molar-refractivity contribution is 7.13. The zero-order chi connectivity index (χ0) is 18.4. The number of hydrogen-bond donors (Lipinski definition) is 0. The predicted octanol–water partition coefficient (Wildman–Crippen LogP) is 4.27. The maximum atomic E-state index is 11.5. The summed E-state index contributed by atoms with van der Waals surface area (Å²) >= 11 is 1.37. The summed E-state index contributed by atoms with van der Waals surface area (Å²) in [5.41, 5.74) is 2.00. The molecule has 1 heterocycles. The molecular formula is C20H17NO4S. The Bertz CT molecular complexity index is 888. The monoisotopic (exact) mass is 367 g/mol. The van der Waals surface area contributed by atoms with Crippen LogP contribution in [0.2, 0.25) is 0 Å². The Labute approximate surface area is 155 Å². The number of Topliss-reactive ketones (excluding diaryl/α,β-unsaturated/α-hetero) is 1. The van der Waals surface area contributed by atoms with E-state index in [1.807, 2.05) is 54.6 Å². The molecule has 0 saturated heterocycles. The van der Waals surface area contributed by atoms with Gasteiger partial charge in [0, 0.05) is 5.56 Å². The third kappa shape index (κ3) is 5.00. The number of aromatic nitrogens is 1. The van der Waals surface area contributed by atoms with Gasteiger partial charge in [0.15, 0.2) is 0 Å². The van der Waals surface area contributed by atoms with Crippen molar-refractivity contribution in [2.24, 2.45) is 0 Å². The third-order valence-electron chi connectivity index (χ3n) is 3.44. The number of ketones is 1. The van der Waals surface area contributed by atoms with E-state index in [9.17, 15) is 9.59 Å². The molecule has 2 aromatic carbocycles. The van der Waals surface area contributed by atoms with Crippen LogP contribution in [0.25, 0.3) is 10.6 Å². The number of hydrogen-bond acceptors (Lipinski definition) is 6. The molecule has 0 N–H and O–H groups in total. The molecule has 0 aliphatic carbocycles. The lowest BCUT2D eigenvalue weighted by Gasteiger charge is -2.06. The summed E-state index contributed by atoms with van der Waals surface area (Å²) in [7, 11) is 0. The van der Waals surface area contributed by atoms with E-state index in [1.165, 1.54) is 18.3 Å². The first-order chi connectivity index (χ1) is 12.6. The highest BCUT2D eigenvalue weighted by Gasteiger charge is 2.12. The van der Waals surface area contributed by atoms with Gasteiger partial charge in [0.1, 0.15) is 29.6 Å². The summed E-state index contributed by atoms with van der Waals surface area (Å²) in [6.07, 6.45) is -0.250. The van der Waals surface area contributed by atoms with Crippen LogP contribution in [-0.4, -0.2) is 16.7 Å².